The first-order valence-electron chi connectivity index (χ1n) is 8.77. The van der Waals surface area contributed by atoms with Crippen LogP contribution in [-0.2, 0) is 15.3 Å². The molecule has 1 unspecified atom stereocenters. The fourth-order valence-corrected chi connectivity index (χ4v) is 4.02. The van der Waals surface area contributed by atoms with E-state index < -0.39 is 5.79 Å². The number of fused-ring (bicyclic) bond motifs is 1. The van der Waals surface area contributed by atoms with Crippen LogP contribution in [0.25, 0.3) is 0 Å². The Balaban J connectivity index is 0.00000182. The molecule has 25 heavy (non-hydrogen) atoms. The molecule has 0 radical (unpaired) electrons. The Bertz CT molecular complexity index is 643. The molecule has 1 saturated heterocycles. The number of rotatable bonds is 3. The summed E-state index contributed by atoms with van der Waals surface area (Å²) in [6, 6.07) is 21.3. The first-order chi connectivity index (χ1) is 11.5. The van der Waals surface area contributed by atoms with E-state index in [2.05, 4.69) is 69.7 Å². The van der Waals surface area contributed by atoms with E-state index in [4.69, 9.17) is 9.47 Å². The van der Waals surface area contributed by atoms with Gasteiger partial charge in [-0.05, 0) is 0 Å². The van der Waals surface area contributed by atoms with E-state index in [1.165, 1.54) is 0 Å². The van der Waals surface area contributed by atoms with Crippen molar-refractivity contribution in [2.45, 2.75) is 36.9 Å². The summed E-state index contributed by atoms with van der Waals surface area (Å²) < 4.78 is 14.2. The smallest absolute Gasteiger partial charge is 0.223 e. The predicted octanol–water partition coefficient (Wildman–Crippen LogP) is 0.544. The first-order valence-corrected chi connectivity index (χ1v) is 8.77. The minimum Gasteiger partial charge on any atom is -1.00 e. The molecule has 1 aliphatic heterocycles. The maximum atomic E-state index is 6.64. The van der Waals surface area contributed by atoms with Crippen LogP contribution in [0, 0.1) is 0 Å². The van der Waals surface area contributed by atoms with Gasteiger partial charge < -0.3 is 37.9 Å². The fourth-order valence-electron chi connectivity index (χ4n) is 4.02. The fraction of sp³-hybridized carbons (Fsp3) is 0.429. The van der Waals surface area contributed by atoms with Crippen LogP contribution in [0.3, 0.4) is 0 Å². The van der Waals surface area contributed by atoms with Gasteiger partial charge in [-0.15, -0.1) is 0 Å². The van der Waals surface area contributed by atoms with Gasteiger partial charge in [-0.3, -0.25) is 0 Å². The van der Waals surface area contributed by atoms with Crippen molar-refractivity contribution >= 4 is 0 Å². The van der Waals surface area contributed by atoms with Gasteiger partial charge in [0, 0.05) is 24.0 Å². The van der Waals surface area contributed by atoms with Gasteiger partial charge >= 0.3 is 0 Å². The number of halogens is 1. The van der Waals surface area contributed by atoms with Crippen LogP contribution in [0.2, 0.25) is 0 Å². The Kier molecular flexibility index (Phi) is 5.26. The predicted molar refractivity (Wildman–Crippen MR) is 94.5 cm³/mol. The highest BCUT2D eigenvalue weighted by Crippen LogP contribution is 2.48. The highest BCUT2D eigenvalue weighted by Gasteiger charge is 2.55. The molecule has 134 valence electrons. The SMILES string of the molecule is C[N+](C)(C)C1C[C@@H]2OC(c3ccccc3)(c3ccccc3)O[C@@H]2C1.[I-]. The Morgan fingerprint density at radius 3 is 1.52 bits per heavy atom. The summed E-state index contributed by atoms with van der Waals surface area (Å²) in [4.78, 5) is 0. The second-order valence-electron chi connectivity index (χ2n) is 7.90. The Morgan fingerprint density at radius 1 is 0.760 bits per heavy atom. The van der Waals surface area contributed by atoms with Gasteiger partial charge in [0.15, 0.2) is 0 Å². The molecule has 2 aromatic rings. The van der Waals surface area contributed by atoms with Crippen LogP contribution in [0.4, 0.5) is 0 Å². The number of ether oxygens (including phenoxy) is 2. The summed E-state index contributed by atoms with van der Waals surface area (Å²) in [6.07, 6.45) is 2.42. The van der Waals surface area contributed by atoms with E-state index in [1.807, 2.05) is 12.1 Å². The van der Waals surface area contributed by atoms with Crippen LogP contribution in [0.1, 0.15) is 24.0 Å². The second-order valence-corrected chi connectivity index (χ2v) is 7.90. The monoisotopic (exact) mass is 451 g/mol. The zero-order chi connectivity index (χ0) is 16.8. The van der Waals surface area contributed by atoms with Gasteiger partial charge in [0.2, 0.25) is 5.79 Å². The molecule has 3 atom stereocenters. The maximum absolute atomic E-state index is 6.64. The van der Waals surface area contributed by atoms with Gasteiger partial charge in [-0.25, -0.2) is 0 Å². The first kappa shape index (κ1) is 18.8. The van der Waals surface area contributed by atoms with E-state index in [9.17, 15) is 0 Å². The normalized spacial score (nSPS) is 27.6. The minimum absolute atomic E-state index is 0. The van der Waals surface area contributed by atoms with Crippen molar-refractivity contribution in [3.05, 3.63) is 71.8 Å². The average molecular weight is 451 g/mol. The highest BCUT2D eigenvalue weighted by molar-refractivity contribution is 5.35. The third-order valence-corrected chi connectivity index (χ3v) is 5.46. The van der Waals surface area contributed by atoms with Crippen molar-refractivity contribution in [1.29, 1.82) is 0 Å². The van der Waals surface area contributed by atoms with E-state index in [0.29, 0.717) is 6.04 Å². The topological polar surface area (TPSA) is 18.5 Å². The number of nitrogens with zero attached hydrogens (tertiary/aromatic N) is 1. The van der Waals surface area contributed by atoms with Crippen LogP contribution in [0.5, 0.6) is 0 Å². The summed E-state index contributed by atoms with van der Waals surface area (Å²) in [5.74, 6) is -0.770. The molecule has 2 aromatic carbocycles. The third kappa shape index (κ3) is 3.37. The lowest BCUT2D eigenvalue weighted by Crippen LogP contribution is -3.00. The molecule has 2 aliphatic rings. The van der Waals surface area contributed by atoms with Crippen molar-refractivity contribution in [3.63, 3.8) is 0 Å². The summed E-state index contributed by atoms with van der Waals surface area (Å²) in [7, 11) is 6.77. The highest BCUT2D eigenvalue weighted by atomic mass is 127. The van der Waals surface area contributed by atoms with Crippen LogP contribution in [0.15, 0.2) is 60.7 Å². The molecule has 4 heteroatoms. The van der Waals surface area contributed by atoms with Gasteiger partial charge in [-0.1, -0.05) is 60.7 Å². The van der Waals surface area contributed by atoms with Gasteiger partial charge in [0.1, 0.15) is 0 Å². The number of hydrogen-bond donors (Lipinski definition) is 0. The molecule has 0 bridgehead atoms. The Hall–Kier alpha value is -0.950. The zero-order valence-electron chi connectivity index (χ0n) is 15.1. The molecular weight excluding hydrogens is 425 g/mol. The number of hydrogen-bond acceptors (Lipinski definition) is 2. The van der Waals surface area contributed by atoms with Crippen LogP contribution >= 0.6 is 0 Å². The second kappa shape index (κ2) is 6.99. The largest absolute Gasteiger partial charge is 1.00 e. The van der Waals surface area contributed by atoms with Crippen molar-refractivity contribution in [3.8, 4) is 0 Å². The van der Waals surface area contributed by atoms with Gasteiger partial charge in [-0.2, -0.15) is 0 Å². The minimum atomic E-state index is -0.770. The summed E-state index contributed by atoms with van der Waals surface area (Å²) in [5, 5.41) is 0. The molecule has 1 heterocycles. The molecule has 0 N–H and O–H groups in total. The van der Waals surface area contributed by atoms with Crippen molar-refractivity contribution in [1.82, 2.24) is 0 Å². The number of benzene rings is 2. The maximum Gasteiger partial charge on any atom is 0.223 e. The third-order valence-electron chi connectivity index (χ3n) is 5.46. The molecule has 4 rings (SSSR count). The van der Waals surface area contributed by atoms with Gasteiger partial charge in [0.25, 0.3) is 0 Å². The number of quaternary nitrogens is 1. The Labute approximate surface area is 167 Å². The molecule has 0 spiro atoms. The molecular formula is C21H26INO2. The van der Waals surface area contributed by atoms with Crippen LogP contribution < -0.4 is 24.0 Å². The standard InChI is InChI=1S/C21H26NO2.HI/c1-22(2,3)18-14-19-20(15-18)24-21(23-19,16-10-6-4-7-11-16)17-12-8-5-9-13-17;/h4-13,18-20H,14-15H2,1-3H3;1H/q+1;/p-1/t18?,19-,20+;. The lowest BCUT2D eigenvalue weighted by Gasteiger charge is -2.34. The quantitative estimate of drug-likeness (QED) is 0.502. The van der Waals surface area contributed by atoms with Gasteiger partial charge in [0.05, 0.1) is 39.4 Å². The molecule has 1 aliphatic carbocycles. The molecule has 0 amide bonds. The summed E-state index contributed by atoms with van der Waals surface area (Å²) in [6.45, 7) is 0. The lowest BCUT2D eigenvalue weighted by molar-refractivity contribution is -0.895. The molecule has 0 aromatic heterocycles. The van der Waals surface area contributed by atoms with Crippen molar-refractivity contribution < 1.29 is 37.9 Å². The van der Waals surface area contributed by atoms with Crippen molar-refractivity contribution in [2.24, 2.45) is 0 Å². The van der Waals surface area contributed by atoms with E-state index in [0.717, 1.165) is 28.5 Å². The van der Waals surface area contributed by atoms with Crippen molar-refractivity contribution in [2.75, 3.05) is 21.1 Å². The average Bonchev–Trinajstić information content (AvgIpc) is 3.13. The molecule has 2 fully saturated rings. The van der Waals surface area contributed by atoms with E-state index >= 15 is 0 Å². The van der Waals surface area contributed by atoms with E-state index in [1.54, 1.807) is 0 Å². The van der Waals surface area contributed by atoms with Crippen LogP contribution in [-0.4, -0.2) is 43.9 Å². The molecule has 1 saturated carbocycles. The summed E-state index contributed by atoms with van der Waals surface area (Å²) >= 11 is 0. The lowest BCUT2D eigenvalue weighted by atomic mass is 9.97. The Morgan fingerprint density at radius 2 is 1.16 bits per heavy atom. The summed E-state index contributed by atoms with van der Waals surface area (Å²) in [5.41, 5.74) is 2.15. The zero-order valence-corrected chi connectivity index (χ0v) is 17.2. The van der Waals surface area contributed by atoms with E-state index in [-0.39, 0.29) is 36.2 Å². The molecule has 3 nitrogen and oxygen atoms in total.